The fourth-order valence-corrected chi connectivity index (χ4v) is 1.91. The van der Waals surface area contributed by atoms with Gasteiger partial charge in [-0.1, -0.05) is 18.2 Å². The van der Waals surface area contributed by atoms with E-state index >= 15 is 0 Å². The van der Waals surface area contributed by atoms with Crippen molar-refractivity contribution in [3.63, 3.8) is 0 Å². The van der Waals surface area contributed by atoms with Crippen LogP contribution in [0.1, 0.15) is 12.0 Å². The van der Waals surface area contributed by atoms with E-state index in [-0.39, 0.29) is 0 Å². The first-order chi connectivity index (χ1) is 6.84. The molecule has 2 N–H and O–H groups in total. The molecule has 1 aromatic carbocycles. The molecule has 0 atom stereocenters. The first-order valence-corrected chi connectivity index (χ1v) is 4.69. The summed E-state index contributed by atoms with van der Waals surface area (Å²) in [6.45, 7) is 0. The van der Waals surface area contributed by atoms with Gasteiger partial charge in [-0.3, -0.25) is 4.99 Å². The third kappa shape index (κ3) is 0.940. The molecule has 1 aromatic rings. The third-order valence-corrected chi connectivity index (χ3v) is 2.59. The molecule has 3 rings (SSSR count). The largest absolute Gasteiger partial charge is 0.399 e. The van der Waals surface area contributed by atoms with Gasteiger partial charge in [0.15, 0.2) is 0 Å². The lowest BCUT2D eigenvalue weighted by molar-refractivity contribution is 1.44. The molecule has 0 saturated heterocycles. The summed E-state index contributed by atoms with van der Waals surface area (Å²) in [4.78, 5) is 4.56. The number of aliphatic imine (C=N–C) groups is 1. The maximum Gasteiger partial charge on any atom is 0.0713 e. The molecular formula is C12H10N2. The zero-order valence-electron chi connectivity index (χ0n) is 7.70. The minimum atomic E-state index is 0.802. The van der Waals surface area contributed by atoms with Crippen molar-refractivity contribution in [2.24, 2.45) is 4.99 Å². The van der Waals surface area contributed by atoms with Gasteiger partial charge in [0.05, 0.1) is 11.4 Å². The quantitative estimate of drug-likeness (QED) is 0.615. The van der Waals surface area contributed by atoms with E-state index in [1.54, 1.807) is 0 Å². The predicted octanol–water partition coefficient (Wildman–Crippen LogP) is 2.70. The lowest BCUT2D eigenvalue weighted by atomic mass is 9.97. The maximum atomic E-state index is 5.76. The van der Waals surface area contributed by atoms with Gasteiger partial charge in [-0.25, -0.2) is 0 Å². The maximum absolute atomic E-state index is 5.76. The van der Waals surface area contributed by atoms with E-state index in [1.807, 2.05) is 18.2 Å². The summed E-state index contributed by atoms with van der Waals surface area (Å²) in [5.74, 6) is 0. The molecule has 2 heteroatoms. The Morgan fingerprint density at radius 2 is 2.21 bits per heavy atom. The molecule has 2 aliphatic rings. The van der Waals surface area contributed by atoms with E-state index in [0.717, 1.165) is 23.5 Å². The fraction of sp³-hybridized carbons (Fsp3) is 0.0833. The van der Waals surface area contributed by atoms with Crippen molar-refractivity contribution in [1.29, 1.82) is 0 Å². The normalized spacial score (nSPS) is 17.1. The van der Waals surface area contributed by atoms with Crippen molar-refractivity contribution in [1.82, 2.24) is 0 Å². The average molecular weight is 182 g/mol. The molecule has 0 aromatic heterocycles. The number of fused-ring (bicyclic) bond motifs is 3. The summed E-state index contributed by atoms with van der Waals surface area (Å²) in [6, 6.07) is 5.88. The number of hydrogen-bond acceptors (Lipinski definition) is 2. The van der Waals surface area contributed by atoms with Gasteiger partial charge in [0.25, 0.3) is 0 Å². The van der Waals surface area contributed by atoms with E-state index in [2.05, 4.69) is 23.2 Å². The van der Waals surface area contributed by atoms with Crippen LogP contribution in [0.2, 0.25) is 0 Å². The highest BCUT2D eigenvalue weighted by Gasteiger charge is 2.20. The van der Waals surface area contributed by atoms with Crippen molar-refractivity contribution >= 4 is 22.7 Å². The highest BCUT2D eigenvalue weighted by Crippen LogP contribution is 2.38. The fourth-order valence-electron chi connectivity index (χ4n) is 1.91. The second kappa shape index (κ2) is 2.58. The van der Waals surface area contributed by atoms with Crippen molar-refractivity contribution < 1.29 is 0 Å². The first kappa shape index (κ1) is 7.56. The summed E-state index contributed by atoms with van der Waals surface area (Å²) >= 11 is 0. The molecule has 0 fully saturated rings. The van der Waals surface area contributed by atoms with Crippen LogP contribution in [0.25, 0.3) is 5.57 Å². The highest BCUT2D eigenvalue weighted by molar-refractivity contribution is 6.30. The zero-order valence-corrected chi connectivity index (χ0v) is 7.70. The van der Waals surface area contributed by atoms with Crippen LogP contribution in [-0.4, -0.2) is 5.71 Å². The lowest BCUT2D eigenvalue weighted by Gasteiger charge is -2.05. The molecule has 0 spiro atoms. The van der Waals surface area contributed by atoms with Crippen LogP contribution in [0.5, 0.6) is 0 Å². The Morgan fingerprint density at radius 3 is 3.14 bits per heavy atom. The second-order valence-corrected chi connectivity index (χ2v) is 3.55. The van der Waals surface area contributed by atoms with E-state index in [1.165, 1.54) is 11.1 Å². The molecule has 0 bridgehead atoms. The van der Waals surface area contributed by atoms with E-state index < -0.39 is 0 Å². The molecule has 0 amide bonds. The first-order valence-electron chi connectivity index (χ1n) is 4.69. The Morgan fingerprint density at radius 1 is 1.29 bits per heavy atom. The van der Waals surface area contributed by atoms with Crippen LogP contribution in [-0.2, 0) is 0 Å². The summed E-state index contributed by atoms with van der Waals surface area (Å²) in [7, 11) is 0. The van der Waals surface area contributed by atoms with Crippen LogP contribution in [0.3, 0.4) is 0 Å². The predicted molar refractivity (Wildman–Crippen MR) is 59.7 cm³/mol. The Bertz CT molecular complexity index is 493. The SMILES string of the molecule is Nc1ccc2c(c1)C1=CC=CCC1=N2. The van der Waals surface area contributed by atoms with Crippen molar-refractivity contribution in [2.75, 3.05) is 5.73 Å². The van der Waals surface area contributed by atoms with Gasteiger partial charge in [-0.15, -0.1) is 0 Å². The van der Waals surface area contributed by atoms with Gasteiger partial charge >= 0.3 is 0 Å². The van der Waals surface area contributed by atoms with Crippen molar-refractivity contribution in [3.8, 4) is 0 Å². The van der Waals surface area contributed by atoms with Gasteiger partial charge in [0, 0.05) is 23.2 Å². The highest BCUT2D eigenvalue weighted by atomic mass is 14.8. The number of rotatable bonds is 0. The zero-order chi connectivity index (χ0) is 9.54. The number of anilines is 1. The molecule has 14 heavy (non-hydrogen) atoms. The van der Waals surface area contributed by atoms with Gasteiger partial charge in [-0.2, -0.15) is 0 Å². The number of nitrogen functional groups attached to an aromatic ring is 1. The molecule has 68 valence electrons. The number of hydrogen-bond donors (Lipinski definition) is 1. The van der Waals surface area contributed by atoms with Crippen LogP contribution in [0.15, 0.2) is 41.4 Å². The Hall–Kier alpha value is -1.83. The van der Waals surface area contributed by atoms with E-state index in [4.69, 9.17) is 5.73 Å². The summed E-state index contributed by atoms with van der Waals surface area (Å²) < 4.78 is 0. The molecule has 0 unspecified atom stereocenters. The smallest absolute Gasteiger partial charge is 0.0713 e. The molecular weight excluding hydrogens is 172 g/mol. The van der Waals surface area contributed by atoms with Crippen LogP contribution in [0, 0.1) is 0 Å². The van der Waals surface area contributed by atoms with Gasteiger partial charge in [-0.05, 0) is 18.2 Å². The molecule has 2 nitrogen and oxygen atoms in total. The number of allylic oxidation sites excluding steroid dienone is 4. The van der Waals surface area contributed by atoms with Crippen LogP contribution < -0.4 is 5.73 Å². The van der Waals surface area contributed by atoms with Gasteiger partial charge in [0.2, 0.25) is 0 Å². The van der Waals surface area contributed by atoms with E-state index in [9.17, 15) is 0 Å². The minimum Gasteiger partial charge on any atom is -0.399 e. The monoisotopic (exact) mass is 182 g/mol. The third-order valence-electron chi connectivity index (χ3n) is 2.59. The Balaban J connectivity index is 2.24. The Labute approximate surface area is 82.5 Å². The molecule has 1 aliphatic heterocycles. The number of benzene rings is 1. The summed E-state index contributed by atoms with van der Waals surface area (Å²) in [5, 5.41) is 0. The van der Waals surface area contributed by atoms with Crippen molar-refractivity contribution in [3.05, 3.63) is 42.0 Å². The number of nitrogens with two attached hydrogens (primary N) is 1. The lowest BCUT2D eigenvalue weighted by Crippen LogP contribution is -1.98. The summed E-state index contributed by atoms with van der Waals surface area (Å²) in [6.07, 6.45) is 7.23. The van der Waals surface area contributed by atoms with E-state index in [0.29, 0.717) is 0 Å². The molecule has 0 saturated carbocycles. The molecule has 1 aliphatic carbocycles. The second-order valence-electron chi connectivity index (χ2n) is 3.55. The average Bonchev–Trinajstić information content (AvgIpc) is 2.56. The van der Waals surface area contributed by atoms with Gasteiger partial charge in [0.1, 0.15) is 0 Å². The van der Waals surface area contributed by atoms with Crippen LogP contribution >= 0.6 is 0 Å². The Kier molecular flexibility index (Phi) is 1.39. The van der Waals surface area contributed by atoms with Gasteiger partial charge < -0.3 is 5.73 Å². The molecule has 1 heterocycles. The minimum absolute atomic E-state index is 0.802. The number of nitrogens with zero attached hydrogens (tertiary/aromatic N) is 1. The van der Waals surface area contributed by atoms with Crippen molar-refractivity contribution in [2.45, 2.75) is 6.42 Å². The topological polar surface area (TPSA) is 38.4 Å². The van der Waals surface area contributed by atoms with Crippen LogP contribution in [0.4, 0.5) is 11.4 Å². The molecule has 0 radical (unpaired) electrons. The summed E-state index contributed by atoms with van der Waals surface area (Å²) in [5.41, 5.74) is 11.2. The standard InChI is InChI=1S/C12H10N2/c13-8-5-6-12-10(7-8)9-3-1-2-4-11(9)14-12/h1-3,5-7H,4,13H2.